The summed E-state index contributed by atoms with van der Waals surface area (Å²) in [5.41, 5.74) is 10.1. The number of hydrogen-bond acceptors (Lipinski definition) is 2. The Hall–Kier alpha value is -1.39. The van der Waals surface area contributed by atoms with Gasteiger partial charge in [-0.1, -0.05) is 18.2 Å². The zero-order valence-electron chi connectivity index (χ0n) is 10.4. The lowest BCUT2D eigenvalue weighted by Gasteiger charge is -2.16. The lowest BCUT2D eigenvalue weighted by Crippen LogP contribution is -2.16. The van der Waals surface area contributed by atoms with E-state index in [-0.39, 0.29) is 5.82 Å². The van der Waals surface area contributed by atoms with Crippen LogP contribution >= 0.6 is 15.9 Å². The summed E-state index contributed by atoms with van der Waals surface area (Å²) in [6.45, 7) is 2.48. The molecule has 0 amide bonds. The van der Waals surface area contributed by atoms with Crippen LogP contribution in [0.4, 0.5) is 10.1 Å². The molecule has 0 aliphatic carbocycles. The minimum Gasteiger partial charge on any atom is -0.399 e. The smallest absolute Gasteiger partial charge is 0.137 e. The van der Waals surface area contributed by atoms with E-state index in [2.05, 4.69) is 26.9 Å². The van der Waals surface area contributed by atoms with Crippen molar-refractivity contribution in [2.45, 2.75) is 19.6 Å². The van der Waals surface area contributed by atoms with E-state index in [1.807, 2.05) is 18.2 Å². The molecular weight excluding hydrogens is 307 g/mol. The molecule has 1 heterocycles. The molecule has 1 aliphatic heterocycles. The van der Waals surface area contributed by atoms with Crippen molar-refractivity contribution in [2.75, 3.05) is 5.73 Å². The molecule has 0 saturated heterocycles. The second-order valence-corrected chi connectivity index (χ2v) is 5.68. The van der Waals surface area contributed by atoms with Crippen LogP contribution in [0.2, 0.25) is 0 Å². The number of anilines is 1. The van der Waals surface area contributed by atoms with Crippen molar-refractivity contribution < 1.29 is 4.39 Å². The highest BCUT2D eigenvalue weighted by molar-refractivity contribution is 9.10. The van der Waals surface area contributed by atoms with Crippen molar-refractivity contribution in [1.29, 1.82) is 0 Å². The molecule has 0 spiro atoms. The Kier molecular flexibility index (Phi) is 3.29. The van der Waals surface area contributed by atoms with Crippen molar-refractivity contribution in [3.8, 4) is 0 Å². The number of hydrogen-bond donors (Lipinski definition) is 1. The van der Waals surface area contributed by atoms with Crippen molar-refractivity contribution in [3.05, 3.63) is 63.4 Å². The highest BCUT2D eigenvalue weighted by Crippen LogP contribution is 2.28. The van der Waals surface area contributed by atoms with Gasteiger partial charge in [-0.25, -0.2) is 4.39 Å². The maximum Gasteiger partial charge on any atom is 0.137 e. The van der Waals surface area contributed by atoms with E-state index < -0.39 is 0 Å². The molecule has 1 aliphatic rings. The first kappa shape index (κ1) is 12.6. The normalized spacial score (nSPS) is 14.6. The summed E-state index contributed by atoms with van der Waals surface area (Å²) in [4.78, 5) is 2.28. The molecule has 3 rings (SSSR count). The van der Waals surface area contributed by atoms with Gasteiger partial charge in [-0.15, -0.1) is 0 Å². The molecule has 0 saturated carbocycles. The van der Waals surface area contributed by atoms with Gasteiger partial charge in [-0.3, -0.25) is 4.90 Å². The van der Waals surface area contributed by atoms with E-state index in [0.717, 1.165) is 30.9 Å². The number of nitrogen functional groups attached to an aromatic ring is 1. The summed E-state index contributed by atoms with van der Waals surface area (Å²) in [5.74, 6) is -0.210. The van der Waals surface area contributed by atoms with E-state index in [1.165, 1.54) is 17.2 Å². The number of nitrogens with two attached hydrogens (primary N) is 1. The molecule has 2 aromatic carbocycles. The second-order valence-electron chi connectivity index (χ2n) is 4.89. The summed E-state index contributed by atoms with van der Waals surface area (Å²) in [5, 5.41) is 0. The van der Waals surface area contributed by atoms with Crippen LogP contribution in [-0.2, 0) is 19.6 Å². The average molecular weight is 321 g/mol. The molecule has 0 unspecified atom stereocenters. The fourth-order valence-electron chi connectivity index (χ4n) is 2.51. The Labute approximate surface area is 120 Å². The number of benzene rings is 2. The van der Waals surface area contributed by atoms with Crippen molar-refractivity contribution in [2.24, 2.45) is 0 Å². The van der Waals surface area contributed by atoms with Gasteiger partial charge in [0.15, 0.2) is 0 Å². The van der Waals surface area contributed by atoms with Crippen LogP contribution < -0.4 is 5.73 Å². The fraction of sp³-hybridized carbons (Fsp3) is 0.200. The van der Waals surface area contributed by atoms with Crippen molar-refractivity contribution in [3.63, 3.8) is 0 Å². The van der Waals surface area contributed by atoms with Gasteiger partial charge in [0, 0.05) is 25.3 Å². The van der Waals surface area contributed by atoms with Crippen molar-refractivity contribution in [1.82, 2.24) is 4.90 Å². The topological polar surface area (TPSA) is 29.3 Å². The standard InChI is InChI=1S/C15H14BrFN2/c16-15-11(2-1-3-14(15)17)8-19-7-10-4-5-13(18)6-12(10)9-19/h1-6H,7-9,18H2. The first-order valence-electron chi connectivity index (χ1n) is 6.16. The van der Waals surface area contributed by atoms with Gasteiger partial charge in [-0.05, 0) is 50.8 Å². The molecule has 19 heavy (non-hydrogen) atoms. The quantitative estimate of drug-likeness (QED) is 0.855. The van der Waals surface area contributed by atoms with E-state index >= 15 is 0 Å². The Morgan fingerprint density at radius 2 is 1.95 bits per heavy atom. The molecule has 2 aromatic rings. The van der Waals surface area contributed by atoms with Crippen LogP contribution in [0.15, 0.2) is 40.9 Å². The molecule has 2 nitrogen and oxygen atoms in total. The molecular formula is C15H14BrFN2. The number of fused-ring (bicyclic) bond motifs is 1. The summed E-state index contributed by atoms with van der Waals surface area (Å²) in [6, 6.07) is 11.2. The van der Waals surface area contributed by atoms with Gasteiger partial charge in [0.25, 0.3) is 0 Å². The van der Waals surface area contributed by atoms with Gasteiger partial charge in [0.2, 0.25) is 0 Å². The molecule has 0 atom stereocenters. The number of halogens is 2. The first-order valence-corrected chi connectivity index (χ1v) is 6.95. The molecule has 98 valence electrons. The highest BCUT2D eigenvalue weighted by atomic mass is 79.9. The van der Waals surface area contributed by atoms with Crippen LogP contribution in [0.25, 0.3) is 0 Å². The molecule has 2 N–H and O–H groups in total. The summed E-state index contributed by atoms with van der Waals surface area (Å²) < 4.78 is 14.0. The molecule has 0 aromatic heterocycles. The second kappa shape index (κ2) is 4.94. The van der Waals surface area contributed by atoms with E-state index in [4.69, 9.17) is 5.73 Å². The predicted octanol–water partition coefficient (Wildman–Crippen LogP) is 3.69. The van der Waals surface area contributed by atoms with Crippen LogP contribution in [0.3, 0.4) is 0 Å². The zero-order chi connectivity index (χ0) is 13.4. The van der Waals surface area contributed by atoms with Crippen LogP contribution in [0.1, 0.15) is 16.7 Å². The Balaban J connectivity index is 1.79. The van der Waals surface area contributed by atoms with Gasteiger partial charge in [0.1, 0.15) is 5.82 Å². The zero-order valence-corrected chi connectivity index (χ0v) is 12.0. The van der Waals surface area contributed by atoms with Gasteiger partial charge in [0.05, 0.1) is 4.47 Å². The monoisotopic (exact) mass is 320 g/mol. The fourth-order valence-corrected chi connectivity index (χ4v) is 2.90. The van der Waals surface area contributed by atoms with Crippen molar-refractivity contribution >= 4 is 21.6 Å². The van der Waals surface area contributed by atoms with Gasteiger partial charge in [-0.2, -0.15) is 0 Å². The minimum atomic E-state index is -0.210. The summed E-state index contributed by atoms with van der Waals surface area (Å²) in [7, 11) is 0. The molecule has 0 fully saturated rings. The Morgan fingerprint density at radius 3 is 2.79 bits per heavy atom. The lowest BCUT2D eigenvalue weighted by atomic mass is 10.1. The minimum absolute atomic E-state index is 0.210. The lowest BCUT2D eigenvalue weighted by molar-refractivity contribution is 0.274. The molecule has 0 radical (unpaired) electrons. The first-order chi connectivity index (χ1) is 9.13. The van der Waals surface area contributed by atoms with Gasteiger partial charge < -0.3 is 5.73 Å². The summed E-state index contributed by atoms with van der Waals surface area (Å²) in [6.07, 6.45) is 0. The average Bonchev–Trinajstić information content (AvgIpc) is 2.76. The van der Waals surface area contributed by atoms with Gasteiger partial charge >= 0.3 is 0 Å². The molecule has 0 bridgehead atoms. The Morgan fingerprint density at radius 1 is 1.16 bits per heavy atom. The van der Waals surface area contributed by atoms with Crippen LogP contribution in [0, 0.1) is 5.82 Å². The third kappa shape index (κ3) is 2.51. The largest absolute Gasteiger partial charge is 0.399 e. The number of nitrogens with zero attached hydrogens (tertiary/aromatic N) is 1. The predicted molar refractivity (Wildman–Crippen MR) is 77.9 cm³/mol. The van der Waals surface area contributed by atoms with E-state index in [1.54, 1.807) is 6.07 Å². The summed E-state index contributed by atoms with van der Waals surface area (Å²) >= 11 is 3.31. The third-order valence-corrected chi connectivity index (χ3v) is 4.33. The maximum atomic E-state index is 13.5. The van der Waals surface area contributed by atoms with Crippen LogP contribution in [0.5, 0.6) is 0 Å². The number of rotatable bonds is 2. The molecule has 4 heteroatoms. The van der Waals surface area contributed by atoms with Crippen LogP contribution in [-0.4, -0.2) is 4.90 Å². The van der Waals surface area contributed by atoms with E-state index in [9.17, 15) is 4.39 Å². The Bertz CT molecular complexity index is 628. The third-order valence-electron chi connectivity index (χ3n) is 3.44. The van der Waals surface area contributed by atoms with E-state index in [0.29, 0.717) is 4.47 Å². The SMILES string of the molecule is Nc1ccc2c(c1)CN(Cc1cccc(F)c1Br)C2. The highest BCUT2D eigenvalue weighted by Gasteiger charge is 2.20. The maximum absolute atomic E-state index is 13.5.